The smallest absolute Gasteiger partial charge is 0.455 e. The lowest BCUT2D eigenvalue weighted by atomic mass is 9.81. The molecule has 0 aliphatic carbocycles. The molecule has 7 heteroatoms. The number of rotatable bonds is 11. The third-order valence-corrected chi connectivity index (χ3v) is 18.7. The van der Waals surface area contributed by atoms with Gasteiger partial charge in [0.1, 0.15) is 22.3 Å². The Labute approximate surface area is 542 Å². The molecule has 0 radical (unpaired) electrons. The van der Waals surface area contributed by atoms with Crippen molar-refractivity contribution in [2.75, 3.05) is 0 Å². The molecule has 452 valence electrons. The Balaban J connectivity index is 1.18. The van der Waals surface area contributed by atoms with Crippen LogP contribution >= 0.6 is 0 Å². The zero-order chi connectivity index (χ0) is 64.0. The fourth-order valence-electron chi connectivity index (χ4n) is 14.2. The molecule has 14 aromatic rings. The van der Waals surface area contributed by atoms with Gasteiger partial charge in [-0.05, 0) is 110 Å². The average Bonchev–Trinajstić information content (AvgIpc) is 1.55. The van der Waals surface area contributed by atoms with E-state index in [1.54, 1.807) is 0 Å². The first kappa shape index (κ1) is 58.7. The van der Waals surface area contributed by atoms with Crippen LogP contribution < -0.4 is 0 Å². The van der Waals surface area contributed by atoms with Gasteiger partial charge < -0.3 is 13.3 Å². The van der Waals surface area contributed by atoms with Crippen molar-refractivity contribution in [1.29, 1.82) is 0 Å². The van der Waals surface area contributed by atoms with Crippen molar-refractivity contribution in [3.63, 3.8) is 0 Å². The number of nitrogens with zero attached hydrogens (tertiary/aromatic N) is 2. The van der Waals surface area contributed by atoms with Crippen LogP contribution in [-0.4, -0.2) is 17.6 Å². The third-order valence-electron chi connectivity index (χ3n) is 18.7. The number of halogens is 2. The van der Waals surface area contributed by atoms with Crippen molar-refractivity contribution >= 4 is 73.7 Å². The normalized spacial score (nSPS) is 13.5. The van der Waals surface area contributed by atoms with Crippen molar-refractivity contribution in [1.82, 2.24) is 4.48 Å². The minimum absolute atomic E-state index is 0.145. The zero-order valence-corrected chi connectivity index (χ0v) is 53.8. The van der Waals surface area contributed by atoms with Gasteiger partial charge in [-0.2, -0.15) is 0 Å². The van der Waals surface area contributed by atoms with Crippen LogP contribution in [0.3, 0.4) is 0 Å². The molecule has 93 heavy (non-hydrogen) atoms. The number of aromatic nitrogens is 1. The quantitative estimate of drug-likeness (QED) is 0.121. The van der Waals surface area contributed by atoms with Crippen molar-refractivity contribution < 1.29 is 17.5 Å². The second-order valence-electron chi connectivity index (χ2n) is 26.9. The van der Waals surface area contributed by atoms with Gasteiger partial charge in [0.15, 0.2) is 0 Å². The number of para-hydroxylation sites is 4. The van der Waals surface area contributed by atoms with E-state index in [2.05, 4.69) is 208 Å². The van der Waals surface area contributed by atoms with E-state index in [0.29, 0.717) is 67.4 Å². The van der Waals surface area contributed by atoms with Gasteiger partial charge in [-0.15, -0.1) is 0 Å². The highest BCUT2D eigenvalue weighted by Gasteiger charge is 2.41. The summed E-state index contributed by atoms with van der Waals surface area (Å²) in [5.41, 5.74) is 22.3. The van der Waals surface area contributed by atoms with Gasteiger partial charge in [-0.25, -0.2) is 4.99 Å². The number of allylic oxidation sites excluding steroid dienone is 2. The Morgan fingerprint density at radius 3 is 1.32 bits per heavy atom. The Morgan fingerprint density at radius 2 is 0.817 bits per heavy atom. The lowest BCUT2D eigenvalue weighted by molar-refractivity contribution is 0.590. The molecule has 4 heterocycles. The Morgan fingerprint density at radius 1 is 0.398 bits per heavy atom. The molecule has 4 nitrogen and oxygen atoms in total. The molecule has 0 unspecified atom stereocenters. The second-order valence-corrected chi connectivity index (χ2v) is 26.9. The summed E-state index contributed by atoms with van der Waals surface area (Å²) in [6.45, 7) is 19.7. The second kappa shape index (κ2) is 22.9. The minimum atomic E-state index is -3.10. The number of aryl methyl sites for hydroxylation is 3. The average molecular weight is 1210 g/mol. The number of hydrogen-bond donors (Lipinski definition) is 0. The lowest BCUT2D eigenvalue weighted by Crippen LogP contribution is -2.19. The molecule has 0 atom stereocenters. The predicted octanol–water partition coefficient (Wildman–Crippen LogP) is 23.8. The van der Waals surface area contributed by atoms with Gasteiger partial charge in [0.05, 0.1) is 17.1 Å². The maximum atomic E-state index is 18.5. The van der Waals surface area contributed by atoms with E-state index in [4.69, 9.17) is 13.8 Å². The van der Waals surface area contributed by atoms with Crippen molar-refractivity contribution in [2.45, 2.75) is 73.1 Å². The molecule has 11 aromatic carbocycles. The molecular formula is C86H69BF2N2O2. The summed E-state index contributed by atoms with van der Waals surface area (Å²) >= 11 is 0. The van der Waals surface area contributed by atoms with Crippen LogP contribution in [0.15, 0.2) is 274 Å². The number of hydrogen-bond acceptors (Lipinski definition) is 3. The fraction of sp³-hybridized carbons (Fsp3) is 0.128. The first-order valence-corrected chi connectivity index (χ1v) is 32.1. The van der Waals surface area contributed by atoms with Crippen molar-refractivity contribution in [2.24, 2.45) is 4.99 Å². The summed E-state index contributed by atoms with van der Waals surface area (Å²) in [5.74, 6) is 0. The minimum Gasteiger partial charge on any atom is -0.455 e. The van der Waals surface area contributed by atoms with E-state index in [9.17, 15) is 0 Å². The van der Waals surface area contributed by atoms with Crippen LogP contribution in [0.4, 0.5) is 8.63 Å². The maximum absolute atomic E-state index is 18.5. The summed E-state index contributed by atoms with van der Waals surface area (Å²) in [5, 5.41) is 3.77. The van der Waals surface area contributed by atoms with Crippen LogP contribution in [0.5, 0.6) is 0 Å². The number of aliphatic imine (C=N–C) groups is 1. The molecule has 0 spiro atoms. The fourth-order valence-corrected chi connectivity index (χ4v) is 14.2. The first-order valence-electron chi connectivity index (χ1n) is 32.1. The van der Waals surface area contributed by atoms with Crippen LogP contribution in [-0.2, 0) is 10.8 Å². The van der Waals surface area contributed by atoms with Crippen LogP contribution in [0, 0.1) is 20.8 Å². The molecule has 0 amide bonds. The van der Waals surface area contributed by atoms with Gasteiger partial charge in [0.2, 0.25) is 0 Å². The Hall–Kier alpha value is -10.6. The number of fused-ring (bicyclic) bond motifs is 6. The third kappa shape index (κ3) is 10.3. The van der Waals surface area contributed by atoms with E-state index in [-0.39, 0.29) is 10.8 Å². The van der Waals surface area contributed by atoms with Gasteiger partial charge in [0, 0.05) is 71.8 Å². The van der Waals surface area contributed by atoms with E-state index in [0.717, 1.165) is 111 Å². The summed E-state index contributed by atoms with van der Waals surface area (Å²) in [6.07, 6.45) is 0. The van der Waals surface area contributed by atoms with Crippen LogP contribution in [0.2, 0.25) is 0 Å². The van der Waals surface area contributed by atoms with Crippen LogP contribution in [0.1, 0.15) is 97.3 Å². The topological polar surface area (TPSA) is 43.6 Å². The van der Waals surface area contributed by atoms with Gasteiger partial charge in [0.25, 0.3) is 0 Å². The molecule has 0 fully saturated rings. The number of benzene rings is 11. The highest BCUT2D eigenvalue weighted by Crippen LogP contribution is 2.56. The van der Waals surface area contributed by atoms with Gasteiger partial charge in [-0.3, -0.25) is 8.63 Å². The number of furan rings is 2. The largest absolute Gasteiger partial charge is 0.678 e. The molecule has 1 aliphatic rings. The molecular weight excluding hydrogens is 1140 g/mol. The molecule has 15 rings (SSSR count). The van der Waals surface area contributed by atoms with Crippen LogP contribution in [0.25, 0.3) is 116 Å². The molecule has 0 N–H and O–H groups in total. The van der Waals surface area contributed by atoms with E-state index in [1.807, 2.05) is 109 Å². The van der Waals surface area contributed by atoms with Crippen molar-refractivity contribution in [3.05, 3.63) is 316 Å². The molecule has 0 saturated carbocycles. The van der Waals surface area contributed by atoms with E-state index < -0.39 is 7.40 Å². The summed E-state index contributed by atoms with van der Waals surface area (Å²) in [6, 6.07) is 87.6. The zero-order valence-electron chi connectivity index (χ0n) is 53.8. The predicted molar refractivity (Wildman–Crippen MR) is 386 cm³/mol. The lowest BCUT2D eigenvalue weighted by Gasteiger charge is -2.23. The SMILES string of the molecule is Cc1cc(C)c(/C(=C2/N=C(c3ccc(C(C)(C)C)cc3)C(c3cccc4c3oc3ccccc34)=C2c2ccc(C(C)(C)C)cc2)c2c(-c3ccc(-c4ccccc4)cc3)c(-c3cccc4c3oc3ccccc34)c(-c3ccc(-c4ccccc4)cc3)n2B(F)F)c(C)c1. The monoisotopic (exact) mass is 1210 g/mol. The Kier molecular flexibility index (Phi) is 14.5. The first-order chi connectivity index (χ1) is 45.0. The van der Waals surface area contributed by atoms with Gasteiger partial charge >= 0.3 is 7.40 Å². The standard InChI is InChI=1S/C86H69BF2N2O2/c1-52-50-53(2)73(54(3)51-52)78(80-74(59-42-46-63(47-43-59)85(4,5)6)76(79(90-80)61-44-48-64(49-45-61)86(7,8)9)69-30-20-28-67-65-26-16-18-32-71(65)92-83(67)69)82-75(60-38-34-57(35-39-60)55-22-12-10-13-23-55)77(70-31-21-29-68-66-27-17-19-33-72(66)93-84(68)70)81(91(82)87(88)89)62-40-36-58(37-41-62)56-24-14-11-15-25-56/h10-51H,1-9H3/b80-78-. The molecule has 1 aliphatic heterocycles. The van der Waals surface area contributed by atoms with Gasteiger partial charge in [-0.1, -0.05) is 290 Å². The van der Waals surface area contributed by atoms with E-state index >= 15 is 8.63 Å². The molecule has 0 bridgehead atoms. The Bertz CT molecular complexity index is 5320. The highest BCUT2D eigenvalue weighted by atomic mass is 19.2. The molecule has 0 saturated heterocycles. The van der Waals surface area contributed by atoms with Crippen molar-refractivity contribution in [3.8, 4) is 55.8 Å². The molecule has 3 aromatic heterocycles. The van der Waals surface area contributed by atoms with E-state index in [1.165, 1.54) is 10.0 Å². The maximum Gasteiger partial charge on any atom is 0.678 e. The highest BCUT2D eigenvalue weighted by molar-refractivity contribution is 6.45. The summed E-state index contributed by atoms with van der Waals surface area (Å²) in [7, 11) is -3.10. The summed E-state index contributed by atoms with van der Waals surface area (Å²) in [4.78, 5) is 6.16. The summed E-state index contributed by atoms with van der Waals surface area (Å²) < 4.78 is 52.4.